The molecule has 0 unspecified atom stereocenters. The number of hydrogen-bond acceptors (Lipinski definition) is 8. The third-order valence-electron chi connectivity index (χ3n) is 11.6. The van der Waals surface area contributed by atoms with Gasteiger partial charge >= 0.3 is 28.7 Å². The summed E-state index contributed by atoms with van der Waals surface area (Å²) in [6, 6.07) is 18.4. The molecular weight excluding hydrogens is 768 g/mol. The summed E-state index contributed by atoms with van der Waals surface area (Å²) >= 11 is 13.4. The molecule has 0 spiro atoms. The molecule has 2 aliphatic carbocycles. The molecule has 0 saturated heterocycles. The molecule has 281 valence electrons. The molecule has 10 nitrogen and oxygen atoms in total. The number of hydrogen-bond donors (Lipinski definition) is 0. The second-order valence-corrected chi connectivity index (χ2v) is 15.2. The Hall–Kier alpha value is -3.99. The smallest absolute Gasteiger partial charge is 0.481 e. The molecule has 13 heteroatoms. The predicted octanol–water partition coefficient (Wildman–Crippen LogP) is 6.83. The second kappa shape index (κ2) is 16.0. The van der Waals surface area contributed by atoms with Crippen LogP contribution in [0.15, 0.2) is 64.3 Å². The maximum absolute atomic E-state index is 12.5. The van der Waals surface area contributed by atoms with Gasteiger partial charge in [0.05, 0.1) is 25.3 Å². The number of methoxy groups -OCH3 is 2. The molecule has 0 atom stereocenters. The molecular formula is C41H41Cl2MnN5O5. The van der Waals surface area contributed by atoms with Crippen LogP contribution in [0.3, 0.4) is 0 Å². The maximum Gasteiger partial charge on any atom is 2.00 e. The average molecular weight is 810 g/mol. The van der Waals surface area contributed by atoms with E-state index in [-0.39, 0.29) is 45.1 Å². The second-order valence-electron chi connectivity index (χ2n) is 14.5. The normalized spacial score (nSPS) is 20.1. The molecule has 0 N–H and O–H groups in total. The van der Waals surface area contributed by atoms with Gasteiger partial charge in [0.1, 0.15) is 0 Å². The Bertz CT molecular complexity index is 2340. The van der Waals surface area contributed by atoms with Crippen LogP contribution in [0, 0.1) is 23.1 Å². The first-order valence-corrected chi connectivity index (χ1v) is 18.5. The van der Waals surface area contributed by atoms with Gasteiger partial charge in [0, 0.05) is 43.3 Å². The number of halogens is 2. The van der Waals surface area contributed by atoms with Crippen LogP contribution >= 0.6 is 23.2 Å². The molecule has 0 amide bonds. The fraction of sp³-hybridized carbons (Fsp3) is 0.390. The number of esters is 1. The Kier molecular flexibility index (Phi) is 11.8. The first-order chi connectivity index (χ1) is 25.5. The quantitative estimate of drug-likeness (QED) is 0.100. The molecule has 54 heavy (non-hydrogen) atoms. The summed E-state index contributed by atoms with van der Waals surface area (Å²) < 4.78 is 13.4. The first kappa shape index (κ1) is 39.7. The number of ether oxygens (including phenoxy) is 2. The van der Waals surface area contributed by atoms with Crippen LogP contribution in [0.1, 0.15) is 49.7 Å². The summed E-state index contributed by atoms with van der Waals surface area (Å²) in [5.74, 6) is 0.666. The van der Waals surface area contributed by atoms with Gasteiger partial charge in [0.2, 0.25) is 5.88 Å². The molecule has 2 saturated carbocycles. The minimum Gasteiger partial charge on any atom is -0.481 e. The van der Waals surface area contributed by atoms with Crippen LogP contribution in [0.4, 0.5) is 0 Å². The zero-order chi connectivity index (χ0) is 37.5. The van der Waals surface area contributed by atoms with Crippen LogP contribution in [-0.4, -0.2) is 57.3 Å². The van der Waals surface area contributed by atoms with Gasteiger partial charge in [0.15, 0.2) is 5.56 Å². The van der Waals surface area contributed by atoms with E-state index >= 15 is 0 Å². The fourth-order valence-electron chi connectivity index (χ4n) is 8.58. The first-order valence-electron chi connectivity index (χ1n) is 17.8. The molecule has 2 aromatic carbocycles. The van der Waals surface area contributed by atoms with E-state index in [0.717, 1.165) is 91.5 Å². The van der Waals surface area contributed by atoms with E-state index in [2.05, 4.69) is 28.2 Å². The van der Waals surface area contributed by atoms with Crippen molar-refractivity contribution in [3.05, 3.63) is 109 Å². The molecule has 8 rings (SSSR count). The third-order valence-corrected chi connectivity index (χ3v) is 12.3. The number of aromatic nitrogens is 4. The molecule has 2 bridgehead atoms. The summed E-state index contributed by atoms with van der Waals surface area (Å²) in [6.07, 6.45) is 11.3. The van der Waals surface area contributed by atoms with Gasteiger partial charge < -0.3 is 28.4 Å². The standard InChI is InChI=1S/C32H33Cl2N2O3.C9H8N3O2.Mn/c1-38-29-22-10-16-36(17-15-31-11-13-32(20-31,14-12-31)30(37)39-2)19-21(22)18-27(35-29)25-8-5-7-24(28(25)34)23-6-3-4-9-26(23)33;1-11-7-3-4-10-5-6(7)8(13)12(2)9(11)14;/h3-8,18H,10-17,19-20H2,1-2H3;3-4H,1-2H3;/q2*-1;+2. The maximum atomic E-state index is 12.5. The minimum atomic E-state index is -0.365. The van der Waals surface area contributed by atoms with Crippen molar-refractivity contribution in [3.8, 4) is 28.3 Å². The zero-order valence-electron chi connectivity index (χ0n) is 30.7. The topological polar surface area (TPSA) is 109 Å². The van der Waals surface area contributed by atoms with Crippen molar-refractivity contribution in [2.75, 3.05) is 27.3 Å². The van der Waals surface area contributed by atoms with Crippen molar-refractivity contribution in [1.82, 2.24) is 24.0 Å². The van der Waals surface area contributed by atoms with Crippen molar-refractivity contribution in [3.63, 3.8) is 0 Å². The van der Waals surface area contributed by atoms with Crippen LogP contribution in [-0.2, 0) is 53.7 Å². The van der Waals surface area contributed by atoms with Crippen LogP contribution in [0.25, 0.3) is 33.3 Å². The summed E-state index contributed by atoms with van der Waals surface area (Å²) in [5, 5.41) is 1.48. The number of carbonyl (C=O) groups excluding carboxylic acids is 1. The van der Waals surface area contributed by atoms with E-state index in [1.807, 2.05) is 30.3 Å². The number of nitrogens with zero attached hydrogens (tertiary/aromatic N) is 5. The Morgan fingerprint density at radius 3 is 2.44 bits per heavy atom. The Morgan fingerprint density at radius 2 is 1.72 bits per heavy atom. The number of carbonyl (C=O) groups is 1. The van der Waals surface area contributed by atoms with E-state index in [4.69, 9.17) is 37.7 Å². The van der Waals surface area contributed by atoms with Crippen molar-refractivity contribution < 1.29 is 31.3 Å². The van der Waals surface area contributed by atoms with Crippen molar-refractivity contribution in [1.29, 1.82) is 0 Å². The van der Waals surface area contributed by atoms with Gasteiger partial charge in [-0.1, -0.05) is 46.6 Å². The van der Waals surface area contributed by atoms with Crippen LogP contribution in [0.2, 0.25) is 10.0 Å². The number of aryl methyl sites for hydroxylation is 1. The molecule has 5 aromatic rings. The number of benzene rings is 2. The zero-order valence-corrected chi connectivity index (χ0v) is 33.4. The Balaban J connectivity index is 0.000000279. The van der Waals surface area contributed by atoms with E-state index in [1.165, 1.54) is 36.0 Å². The van der Waals surface area contributed by atoms with Gasteiger partial charge in [-0.25, -0.2) is 9.78 Å². The van der Waals surface area contributed by atoms with E-state index in [9.17, 15) is 14.4 Å². The summed E-state index contributed by atoms with van der Waals surface area (Å²) in [7, 11) is 6.25. The molecule has 1 aliphatic heterocycles. The minimum absolute atomic E-state index is 0. The van der Waals surface area contributed by atoms with Crippen LogP contribution in [0.5, 0.6) is 5.88 Å². The molecule has 3 aliphatic rings. The largest absolute Gasteiger partial charge is 2.00 e. The number of pyridine rings is 2. The van der Waals surface area contributed by atoms with Gasteiger partial charge in [-0.2, -0.15) is 24.3 Å². The Labute approximate surface area is 334 Å². The molecule has 3 aromatic heterocycles. The monoisotopic (exact) mass is 808 g/mol. The Morgan fingerprint density at radius 1 is 0.981 bits per heavy atom. The SMILES string of the molecule is COC(=O)C12CCC(CCN3CCc4c(cc(-c5cccc(-c6ccc[c-]c6Cl)c5Cl)nc4OC)C3)(CC1)C2.Cn1c(=O)c2[c-]nccc2n(C)c1=O.[Mn+2]. The summed E-state index contributed by atoms with van der Waals surface area (Å²) in [4.78, 5) is 46.7. The van der Waals surface area contributed by atoms with Crippen LogP contribution < -0.4 is 16.0 Å². The van der Waals surface area contributed by atoms with Crippen molar-refractivity contribution >= 4 is 40.1 Å². The third kappa shape index (κ3) is 7.25. The average Bonchev–Trinajstić information content (AvgIpc) is 3.76. The van der Waals surface area contributed by atoms with E-state index in [1.54, 1.807) is 26.3 Å². The molecule has 2 fully saturated rings. The number of fused-ring (bicyclic) bond motifs is 4. The van der Waals surface area contributed by atoms with E-state index in [0.29, 0.717) is 26.8 Å². The summed E-state index contributed by atoms with van der Waals surface area (Å²) in [6.45, 7) is 2.84. The molecule has 1 radical (unpaired) electrons. The molecule has 4 heterocycles. The van der Waals surface area contributed by atoms with Gasteiger partial charge in [-0.05, 0) is 85.6 Å². The van der Waals surface area contributed by atoms with Gasteiger partial charge in [-0.15, -0.1) is 23.2 Å². The summed E-state index contributed by atoms with van der Waals surface area (Å²) in [5.41, 5.74) is 5.64. The van der Waals surface area contributed by atoms with Gasteiger partial charge in [-0.3, -0.25) is 9.69 Å². The van der Waals surface area contributed by atoms with Crippen molar-refractivity contribution in [2.45, 2.75) is 51.5 Å². The number of rotatable bonds is 7. The van der Waals surface area contributed by atoms with Crippen molar-refractivity contribution in [2.24, 2.45) is 24.9 Å². The van der Waals surface area contributed by atoms with E-state index < -0.39 is 0 Å². The van der Waals surface area contributed by atoms with Gasteiger partial charge in [0.25, 0.3) is 0 Å². The fourth-order valence-corrected chi connectivity index (χ4v) is 9.14. The predicted molar refractivity (Wildman–Crippen MR) is 205 cm³/mol.